The maximum Gasteiger partial charge on any atom is 0.206 e. The topological polar surface area (TPSA) is 38.7 Å². The standard InChI is InChI=1S/C12H17FO3/c1-12(2,7-14)8-16-10-6-4-5-9(15-3)11(10)13/h4-6,14H,7-8H2,1-3H3. The van der Waals surface area contributed by atoms with Crippen molar-refractivity contribution in [2.24, 2.45) is 5.41 Å². The van der Waals surface area contributed by atoms with Crippen LogP contribution in [0.4, 0.5) is 4.39 Å². The van der Waals surface area contributed by atoms with Gasteiger partial charge in [-0.2, -0.15) is 4.39 Å². The van der Waals surface area contributed by atoms with E-state index in [1.54, 1.807) is 6.07 Å². The normalized spacial score (nSPS) is 11.3. The first-order valence-electron chi connectivity index (χ1n) is 5.06. The molecule has 0 aliphatic heterocycles. The van der Waals surface area contributed by atoms with E-state index in [0.29, 0.717) is 0 Å². The fraction of sp³-hybridized carbons (Fsp3) is 0.500. The minimum absolute atomic E-state index is 0.0153. The second-order valence-corrected chi connectivity index (χ2v) is 4.38. The molecular formula is C12H17FO3. The zero-order valence-corrected chi connectivity index (χ0v) is 9.79. The summed E-state index contributed by atoms with van der Waals surface area (Å²) < 4.78 is 23.8. The molecule has 16 heavy (non-hydrogen) atoms. The van der Waals surface area contributed by atoms with Crippen molar-refractivity contribution in [3.8, 4) is 11.5 Å². The number of halogens is 1. The largest absolute Gasteiger partial charge is 0.494 e. The van der Waals surface area contributed by atoms with Crippen LogP contribution in [0.2, 0.25) is 0 Å². The summed E-state index contributed by atoms with van der Waals surface area (Å²) in [4.78, 5) is 0. The minimum atomic E-state index is -0.515. The summed E-state index contributed by atoms with van der Waals surface area (Å²) in [6.45, 7) is 3.91. The molecule has 0 saturated heterocycles. The molecule has 4 heteroatoms. The van der Waals surface area contributed by atoms with Crippen molar-refractivity contribution in [1.82, 2.24) is 0 Å². The first kappa shape index (κ1) is 12.8. The van der Waals surface area contributed by atoms with Crippen molar-refractivity contribution >= 4 is 0 Å². The van der Waals surface area contributed by atoms with Gasteiger partial charge in [-0.05, 0) is 12.1 Å². The molecule has 0 bridgehead atoms. The smallest absolute Gasteiger partial charge is 0.206 e. The lowest BCUT2D eigenvalue weighted by Crippen LogP contribution is -2.25. The number of ether oxygens (including phenoxy) is 2. The molecule has 0 fully saturated rings. The Bertz CT molecular complexity index is 350. The van der Waals surface area contributed by atoms with Gasteiger partial charge in [0.1, 0.15) is 0 Å². The molecule has 0 radical (unpaired) electrons. The van der Waals surface area contributed by atoms with Crippen molar-refractivity contribution in [3.63, 3.8) is 0 Å². The molecule has 0 spiro atoms. The molecule has 0 aromatic heterocycles. The third-order valence-electron chi connectivity index (χ3n) is 2.19. The minimum Gasteiger partial charge on any atom is -0.494 e. The van der Waals surface area contributed by atoms with E-state index in [0.717, 1.165) is 0 Å². The molecule has 3 nitrogen and oxygen atoms in total. The van der Waals surface area contributed by atoms with Crippen molar-refractivity contribution in [2.45, 2.75) is 13.8 Å². The fourth-order valence-electron chi connectivity index (χ4n) is 1.08. The zero-order valence-electron chi connectivity index (χ0n) is 9.79. The van der Waals surface area contributed by atoms with Gasteiger partial charge in [-0.25, -0.2) is 0 Å². The van der Waals surface area contributed by atoms with Gasteiger partial charge in [0.25, 0.3) is 0 Å². The number of hydrogen-bond acceptors (Lipinski definition) is 3. The highest BCUT2D eigenvalue weighted by atomic mass is 19.1. The number of aliphatic hydroxyl groups excluding tert-OH is 1. The summed E-state index contributed by atoms with van der Waals surface area (Å²) in [5.41, 5.74) is -0.393. The second kappa shape index (κ2) is 5.16. The van der Waals surface area contributed by atoms with Crippen LogP contribution in [0.15, 0.2) is 18.2 Å². The second-order valence-electron chi connectivity index (χ2n) is 4.38. The van der Waals surface area contributed by atoms with Crippen molar-refractivity contribution in [2.75, 3.05) is 20.3 Å². The Morgan fingerprint density at radius 1 is 1.31 bits per heavy atom. The molecule has 0 aliphatic carbocycles. The summed E-state index contributed by atoms with van der Waals surface area (Å²) in [7, 11) is 1.40. The quantitative estimate of drug-likeness (QED) is 0.840. The van der Waals surface area contributed by atoms with E-state index in [1.165, 1.54) is 19.2 Å². The average molecular weight is 228 g/mol. The van der Waals surface area contributed by atoms with Gasteiger partial charge in [-0.15, -0.1) is 0 Å². The monoisotopic (exact) mass is 228 g/mol. The number of methoxy groups -OCH3 is 1. The highest BCUT2D eigenvalue weighted by Crippen LogP contribution is 2.27. The summed E-state index contributed by atoms with van der Waals surface area (Å²) in [5, 5.41) is 9.04. The first-order chi connectivity index (χ1) is 7.50. The number of aliphatic hydroxyl groups is 1. The lowest BCUT2D eigenvalue weighted by Gasteiger charge is -2.22. The Kier molecular flexibility index (Phi) is 4.12. The van der Waals surface area contributed by atoms with Crippen molar-refractivity contribution < 1.29 is 19.0 Å². The molecular weight excluding hydrogens is 211 g/mol. The fourth-order valence-corrected chi connectivity index (χ4v) is 1.08. The van der Waals surface area contributed by atoms with Crippen molar-refractivity contribution in [1.29, 1.82) is 0 Å². The maximum absolute atomic E-state index is 13.6. The van der Waals surface area contributed by atoms with Crippen LogP contribution in [-0.2, 0) is 0 Å². The van der Waals surface area contributed by atoms with Gasteiger partial charge >= 0.3 is 0 Å². The molecule has 90 valence electrons. The average Bonchev–Trinajstić information content (AvgIpc) is 2.28. The predicted molar refractivity (Wildman–Crippen MR) is 59.3 cm³/mol. The van der Waals surface area contributed by atoms with Gasteiger partial charge in [-0.1, -0.05) is 19.9 Å². The Balaban J connectivity index is 2.75. The lowest BCUT2D eigenvalue weighted by molar-refractivity contribution is 0.0950. The van der Waals surface area contributed by atoms with Crippen molar-refractivity contribution in [3.05, 3.63) is 24.0 Å². The molecule has 0 aliphatic rings. The van der Waals surface area contributed by atoms with Gasteiger partial charge in [-0.3, -0.25) is 0 Å². The van der Waals surface area contributed by atoms with Crippen LogP contribution >= 0.6 is 0 Å². The summed E-state index contributed by atoms with van der Waals surface area (Å²) >= 11 is 0. The van der Waals surface area contributed by atoms with E-state index in [9.17, 15) is 4.39 Å². The van der Waals surface area contributed by atoms with Crippen LogP contribution in [0.3, 0.4) is 0 Å². The van der Waals surface area contributed by atoms with Gasteiger partial charge in [0, 0.05) is 5.41 Å². The highest BCUT2D eigenvalue weighted by molar-refractivity contribution is 5.35. The molecule has 0 saturated carbocycles. The summed E-state index contributed by atoms with van der Waals surface area (Å²) in [5.74, 6) is -0.223. The number of rotatable bonds is 5. The first-order valence-corrected chi connectivity index (χ1v) is 5.06. The lowest BCUT2D eigenvalue weighted by atomic mass is 9.96. The molecule has 0 unspecified atom stereocenters. The molecule has 1 N–H and O–H groups in total. The van der Waals surface area contributed by atoms with Gasteiger partial charge < -0.3 is 14.6 Å². The molecule has 1 aromatic rings. The molecule has 0 heterocycles. The van der Waals surface area contributed by atoms with Crippen LogP contribution in [0.25, 0.3) is 0 Å². The third kappa shape index (κ3) is 3.10. The van der Waals surface area contributed by atoms with E-state index in [2.05, 4.69) is 0 Å². The molecule has 1 aromatic carbocycles. The number of benzene rings is 1. The van der Waals surface area contributed by atoms with E-state index in [1.807, 2.05) is 13.8 Å². The van der Waals surface area contributed by atoms with Crippen LogP contribution in [0.5, 0.6) is 11.5 Å². The summed E-state index contributed by atoms with van der Waals surface area (Å²) in [6.07, 6.45) is 0. The number of hydrogen-bond donors (Lipinski definition) is 1. The van der Waals surface area contributed by atoms with Crippen LogP contribution < -0.4 is 9.47 Å². The molecule has 0 amide bonds. The van der Waals surface area contributed by atoms with Gasteiger partial charge in [0.05, 0.1) is 20.3 Å². The maximum atomic E-state index is 13.6. The highest BCUT2D eigenvalue weighted by Gasteiger charge is 2.19. The predicted octanol–water partition coefficient (Wildman–Crippen LogP) is 2.23. The summed E-state index contributed by atoms with van der Waals surface area (Å²) in [6, 6.07) is 4.72. The molecule has 1 rings (SSSR count). The van der Waals surface area contributed by atoms with Crippen LogP contribution in [0, 0.1) is 11.2 Å². The van der Waals surface area contributed by atoms with Gasteiger partial charge in [0.2, 0.25) is 5.82 Å². The van der Waals surface area contributed by atoms with Gasteiger partial charge in [0.15, 0.2) is 11.5 Å². The Labute approximate surface area is 94.8 Å². The Morgan fingerprint density at radius 3 is 2.50 bits per heavy atom. The Morgan fingerprint density at radius 2 is 1.94 bits per heavy atom. The SMILES string of the molecule is COc1cccc(OCC(C)(C)CO)c1F. The Hall–Kier alpha value is -1.29. The van der Waals surface area contributed by atoms with Crippen LogP contribution in [-0.4, -0.2) is 25.4 Å². The van der Waals surface area contributed by atoms with E-state index >= 15 is 0 Å². The van der Waals surface area contributed by atoms with E-state index < -0.39 is 11.2 Å². The van der Waals surface area contributed by atoms with E-state index in [-0.39, 0.29) is 24.7 Å². The third-order valence-corrected chi connectivity index (χ3v) is 2.19. The van der Waals surface area contributed by atoms with Crippen LogP contribution in [0.1, 0.15) is 13.8 Å². The van der Waals surface area contributed by atoms with E-state index in [4.69, 9.17) is 14.6 Å². The zero-order chi connectivity index (χ0) is 12.2. The molecule has 0 atom stereocenters.